The average Bonchev–Trinajstić information content (AvgIpc) is 2.87. The molecule has 5 heteroatoms. The smallest absolute Gasteiger partial charge is 0.252 e. The van der Waals surface area contributed by atoms with Gasteiger partial charge >= 0.3 is 0 Å². The molecule has 0 saturated heterocycles. The molecule has 0 bridgehead atoms. The Morgan fingerprint density at radius 2 is 2.17 bits per heavy atom. The maximum absolute atomic E-state index is 13.0. The number of amides is 1. The second-order valence-corrected chi connectivity index (χ2v) is 4.71. The van der Waals surface area contributed by atoms with Crippen molar-refractivity contribution in [3.63, 3.8) is 0 Å². The minimum atomic E-state index is -2.67. The average molecular weight is 257 g/mol. The third-order valence-corrected chi connectivity index (χ3v) is 3.17. The van der Waals surface area contributed by atoms with Crippen molar-refractivity contribution in [1.82, 2.24) is 5.32 Å². The molecule has 1 amide bonds. The van der Waals surface area contributed by atoms with E-state index in [2.05, 4.69) is 5.32 Å². The van der Waals surface area contributed by atoms with Crippen LogP contribution < -0.4 is 5.32 Å². The maximum Gasteiger partial charge on any atom is 0.252 e. The first-order chi connectivity index (χ1) is 8.38. The van der Waals surface area contributed by atoms with Crippen molar-refractivity contribution in [3.8, 4) is 0 Å². The number of halogens is 3. The Morgan fingerprint density at radius 1 is 1.50 bits per heavy atom. The lowest BCUT2D eigenvalue weighted by Crippen LogP contribution is -2.24. The zero-order chi connectivity index (χ0) is 13.3. The number of rotatable bonds is 4. The Bertz CT molecular complexity index is 473. The van der Waals surface area contributed by atoms with Crippen LogP contribution in [0.5, 0.6) is 0 Å². The number of nitrogens with one attached hydrogen (secondary N) is 1. The van der Waals surface area contributed by atoms with Crippen molar-refractivity contribution in [2.75, 3.05) is 0 Å². The van der Waals surface area contributed by atoms with Gasteiger partial charge in [-0.1, -0.05) is 6.07 Å². The summed E-state index contributed by atoms with van der Waals surface area (Å²) in [5.74, 6) is -4.29. The second kappa shape index (κ2) is 4.63. The van der Waals surface area contributed by atoms with Crippen LogP contribution in [0.3, 0.4) is 0 Å². The normalized spacial score (nSPS) is 20.6. The number of carbonyl (C=O) groups is 1. The van der Waals surface area contributed by atoms with Gasteiger partial charge in [0.2, 0.25) is 5.91 Å². The Morgan fingerprint density at radius 3 is 2.78 bits per heavy atom. The molecule has 1 aromatic rings. The van der Waals surface area contributed by atoms with Gasteiger partial charge in [-0.05, 0) is 30.2 Å². The van der Waals surface area contributed by atoms with Crippen molar-refractivity contribution in [2.24, 2.45) is 5.92 Å². The molecule has 0 aliphatic heterocycles. The molecule has 0 aromatic heterocycles. The lowest BCUT2D eigenvalue weighted by atomic mass is 10.1. The zero-order valence-electron chi connectivity index (χ0n) is 9.97. The van der Waals surface area contributed by atoms with E-state index in [1.165, 1.54) is 12.1 Å². The van der Waals surface area contributed by atoms with Crippen LogP contribution in [-0.4, -0.2) is 11.8 Å². The number of alkyl halides is 2. The maximum atomic E-state index is 13.0. The molecule has 1 aliphatic carbocycles. The highest BCUT2D eigenvalue weighted by Crippen LogP contribution is 2.50. The first kappa shape index (κ1) is 12.9. The third kappa shape index (κ3) is 3.03. The topological polar surface area (TPSA) is 29.1 Å². The van der Waals surface area contributed by atoms with Crippen molar-refractivity contribution in [3.05, 3.63) is 35.1 Å². The lowest BCUT2D eigenvalue weighted by Gasteiger charge is -2.08. The van der Waals surface area contributed by atoms with Crippen LogP contribution in [0.2, 0.25) is 0 Å². The molecular formula is C13H14F3NO. The van der Waals surface area contributed by atoms with Crippen LogP contribution in [0.15, 0.2) is 18.2 Å². The van der Waals surface area contributed by atoms with Gasteiger partial charge in [0, 0.05) is 25.3 Å². The van der Waals surface area contributed by atoms with Crippen molar-refractivity contribution in [1.29, 1.82) is 0 Å². The van der Waals surface area contributed by atoms with Gasteiger partial charge in [0.25, 0.3) is 5.92 Å². The molecule has 2 nitrogen and oxygen atoms in total. The number of hydrogen-bond acceptors (Lipinski definition) is 1. The summed E-state index contributed by atoms with van der Waals surface area (Å²) in [7, 11) is 0. The van der Waals surface area contributed by atoms with Gasteiger partial charge in [0.15, 0.2) is 0 Å². The number of hydrogen-bond donors (Lipinski definition) is 1. The van der Waals surface area contributed by atoms with Crippen LogP contribution in [-0.2, 0) is 11.3 Å². The van der Waals surface area contributed by atoms with Crippen LogP contribution in [0, 0.1) is 18.7 Å². The number of aryl methyl sites for hydroxylation is 1. The first-order valence-electron chi connectivity index (χ1n) is 5.78. The van der Waals surface area contributed by atoms with E-state index in [0.29, 0.717) is 5.56 Å². The van der Waals surface area contributed by atoms with E-state index in [1.54, 1.807) is 13.0 Å². The Labute approximate surface area is 103 Å². The van der Waals surface area contributed by atoms with Gasteiger partial charge in [-0.3, -0.25) is 4.79 Å². The molecule has 1 saturated carbocycles. The third-order valence-electron chi connectivity index (χ3n) is 3.17. The van der Waals surface area contributed by atoms with E-state index in [4.69, 9.17) is 0 Å². The molecule has 2 rings (SSSR count). The van der Waals surface area contributed by atoms with E-state index >= 15 is 0 Å². The summed E-state index contributed by atoms with van der Waals surface area (Å²) < 4.78 is 38.2. The van der Waals surface area contributed by atoms with E-state index in [9.17, 15) is 18.0 Å². The summed E-state index contributed by atoms with van der Waals surface area (Å²) in [4.78, 5) is 11.4. The van der Waals surface area contributed by atoms with Gasteiger partial charge in [-0.2, -0.15) is 0 Å². The Balaban J connectivity index is 1.84. The highest BCUT2D eigenvalue weighted by molar-refractivity contribution is 5.76. The summed E-state index contributed by atoms with van der Waals surface area (Å²) in [5, 5.41) is 2.54. The van der Waals surface area contributed by atoms with Gasteiger partial charge in [-0.25, -0.2) is 13.2 Å². The van der Waals surface area contributed by atoms with E-state index < -0.39 is 17.7 Å². The highest BCUT2D eigenvalue weighted by Gasteiger charge is 2.57. The van der Waals surface area contributed by atoms with Crippen molar-refractivity contribution < 1.29 is 18.0 Å². The second-order valence-electron chi connectivity index (χ2n) is 4.71. The van der Waals surface area contributed by atoms with Gasteiger partial charge in [0.1, 0.15) is 5.82 Å². The molecule has 1 unspecified atom stereocenters. The van der Waals surface area contributed by atoms with Gasteiger partial charge < -0.3 is 5.32 Å². The fraction of sp³-hybridized carbons (Fsp3) is 0.462. The predicted octanol–water partition coefficient (Wildman–Crippen LogP) is 2.80. The summed E-state index contributed by atoms with van der Waals surface area (Å²) in [6.07, 6.45) is -0.374. The SMILES string of the molecule is Cc1ccc(F)cc1CNC(=O)CC1CC1(F)F. The lowest BCUT2D eigenvalue weighted by molar-refractivity contribution is -0.122. The first-order valence-corrected chi connectivity index (χ1v) is 5.78. The molecule has 0 spiro atoms. The van der Waals surface area contributed by atoms with Crippen molar-refractivity contribution >= 4 is 5.91 Å². The standard InChI is InChI=1S/C13H14F3NO/c1-8-2-3-11(14)4-9(8)7-17-12(18)5-10-6-13(10,15)16/h2-4,10H,5-7H2,1H3,(H,17,18). The fourth-order valence-corrected chi connectivity index (χ4v) is 1.81. The molecule has 1 fully saturated rings. The summed E-state index contributed by atoms with van der Waals surface area (Å²) >= 11 is 0. The predicted molar refractivity (Wildman–Crippen MR) is 60.7 cm³/mol. The monoisotopic (exact) mass is 257 g/mol. The minimum absolute atomic E-state index is 0.165. The van der Waals surface area contributed by atoms with E-state index in [0.717, 1.165) is 5.56 Å². The fourth-order valence-electron chi connectivity index (χ4n) is 1.81. The van der Waals surface area contributed by atoms with Crippen LogP contribution in [0.4, 0.5) is 13.2 Å². The minimum Gasteiger partial charge on any atom is -0.352 e. The highest BCUT2D eigenvalue weighted by atomic mass is 19.3. The molecule has 98 valence electrons. The molecule has 1 atom stereocenters. The number of benzene rings is 1. The molecule has 18 heavy (non-hydrogen) atoms. The molecule has 1 N–H and O–H groups in total. The molecule has 1 aromatic carbocycles. The zero-order valence-corrected chi connectivity index (χ0v) is 9.97. The summed E-state index contributed by atoms with van der Waals surface area (Å²) in [5.41, 5.74) is 1.51. The molecular weight excluding hydrogens is 243 g/mol. The van der Waals surface area contributed by atoms with Crippen molar-refractivity contribution in [2.45, 2.75) is 32.2 Å². The molecule has 1 aliphatic rings. The summed E-state index contributed by atoms with van der Waals surface area (Å²) in [6.45, 7) is 1.97. The molecule has 0 radical (unpaired) electrons. The largest absolute Gasteiger partial charge is 0.352 e. The Kier molecular flexibility index (Phi) is 3.32. The van der Waals surface area contributed by atoms with Gasteiger partial charge in [0.05, 0.1) is 0 Å². The molecule has 0 heterocycles. The van der Waals surface area contributed by atoms with Crippen LogP contribution >= 0.6 is 0 Å². The van der Waals surface area contributed by atoms with Crippen LogP contribution in [0.25, 0.3) is 0 Å². The van der Waals surface area contributed by atoms with E-state index in [1.807, 2.05) is 0 Å². The van der Waals surface area contributed by atoms with Crippen LogP contribution in [0.1, 0.15) is 24.0 Å². The Hall–Kier alpha value is -1.52. The summed E-state index contributed by atoms with van der Waals surface area (Å²) in [6, 6.07) is 4.29. The van der Waals surface area contributed by atoms with E-state index in [-0.39, 0.29) is 25.2 Å². The van der Waals surface area contributed by atoms with Gasteiger partial charge in [-0.15, -0.1) is 0 Å². The quantitative estimate of drug-likeness (QED) is 0.883. The number of carbonyl (C=O) groups excluding carboxylic acids is 1.